The monoisotopic (exact) mass is 471 g/mol. The quantitative estimate of drug-likeness (QED) is 0.337. The van der Waals surface area contributed by atoms with Crippen molar-refractivity contribution < 1.29 is 9.32 Å². The summed E-state index contributed by atoms with van der Waals surface area (Å²) in [7, 11) is 0. The Morgan fingerprint density at radius 3 is 2.50 bits per heavy atom. The number of halogens is 1. The Kier molecular flexibility index (Phi) is 6.00. The maximum absolute atomic E-state index is 13.1. The fourth-order valence-electron chi connectivity index (χ4n) is 3.33. The molecule has 168 valence electrons. The van der Waals surface area contributed by atoms with Gasteiger partial charge in [0.1, 0.15) is 5.69 Å². The van der Waals surface area contributed by atoms with Gasteiger partial charge in [-0.3, -0.25) is 19.9 Å². The molecule has 0 unspecified atom stereocenters. The summed E-state index contributed by atoms with van der Waals surface area (Å²) < 4.78 is 6.90. The van der Waals surface area contributed by atoms with E-state index in [4.69, 9.17) is 16.1 Å². The summed E-state index contributed by atoms with van der Waals surface area (Å²) in [6.07, 6.45) is 4.96. The number of carbonyl (C=O) groups is 1. The van der Waals surface area contributed by atoms with Gasteiger partial charge in [0.25, 0.3) is 5.91 Å². The Balaban J connectivity index is 1.37. The van der Waals surface area contributed by atoms with Crippen LogP contribution in [0.5, 0.6) is 0 Å². The zero-order valence-corrected chi connectivity index (χ0v) is 18.5. The zero-order chi connectivity index (χ0) is 23.3. The Morgan fingerprint density at radius 1 is 0.971 bits per heavy atom. The molecule has 0 bridgehead atoms. The summed E-state index contributed by atoms with van der Waals surface area (Å²) in [6, 6.07) is 20.6. The fraction of sp³-hybridized carbons (Fsp3) is 0.0417. The molecule has 0 saturated carbocycles. The third-order valence-corrected chi connectivity index (χ3v) is 5.21. The van der Waals surface area contributed by atoms with E-state index in [1.165, 1.54) is 0 Å². The van der Waals surface area contributed by atoms with E-state index >= 15 is 0 Å². The van der Waals surface area contributed by atoms with Crippen molar-refractivity contribution in [1.82, 2.24) is 30.3 Å². The summed E-state index contributed by atoms with van der Waals surface area (Å²) in [5.41, 5.74) is 8.73. The maximum Gasteiger partial charge on any atom is 0.340 e. The highest BCUT2D eigenvalue weighted by atomic mass is 35.5. The molecule has 2 N–H and O–H groups in total. The van der Waals surface area contributed by atoms with Gasteiger partial charge in [-0.1, -0.05) is 59.2 Å². The number of carbonyl (C=O) groups excluding carboxylic acids is 1. The first-order valence-corrected chi connectivity index (χ1v) is 10.7. The lowest BCUT2D eigenvalue weighted by molar-refractivity contribution is 0.0961. The van der Waals surface area contributed by atoms with Crippen molar-refractivity contribution in [3.8, 4) is 22.6 Å². The second-order valence-electron chi connectivity index (χ2n) is 7.32. The minimum Gasteiger partial charge on any atom is -0.313 e. The number of hydrogen-bond acceptors (Lipinski definition) is 7. The van der Waals surface area contributed by atoms with Gasteiger partial charge in [0, 0.05) is 34.7 Å². The van der Waals surface area contributed by atoms with Gasteiger partial charge in [-0.25, -0.2) is 5.43 Å². The predicted octanol–water partition coefficient (Wildman–Crippen LogP) is 4.45. The zero-order valence-electron chi connectivity index (χ0n) is 17.7. The van der Waals surface area contributed by atoms with Crippen molar-refractivity contribution in [3.63, 3.8) is 0 Å². The van der Waals surface area contributed by atoms with E-state index in [0.29, 0.717) is 28.6 Å². The van der Waals surface area contributed by atoms with E-state index in [2.05, 4.69) is 31.1 Å². The number of rotatable bonds is 7. The minimum atomic E-state index is -0.409. The van der Waals surface area contributed by atoms with Gasteiger partial charge < -0.3 is 4.52 Å². The van der Waals surface area contributed by atoms with Crippen molar-refractivity contribution in [2.45, 2.75) is 6.54 Å². The van der Waals surface area contributed by atoms with E-state index in [9.17, 15) is 4.79 Å². The van der Waals surface area contributed by atoms with E-state index in [1.54, 1.807) is 47.5 Å². The molecule has 1 amide bonds. The van der Waals surface area contributed by atoms with Crippen LogP contribution in [0.1, 0.15) is 15.9 Å². The molecule has 9 nitrogen and oxygen atoms in total. The number of benzene rings is 2. The maximum atomic E-state index is 13.1. The number of hydrogen-bond donors (Lipinski definition) is 2. The van der Waals surface area contributed by atoms with E-state index in [-0.39, 0.29) is 6.01 Å². The average Bonchev–Trinajstić information content (AvgIpc) is 3.52. The largest absolute Gasteiger partial charge is 0.340 e. The number of pyridine rings is 1. The number of amides is 1. The Labute approximate surface area is 199 Å². The van der Waals surface area contributed by atoms with E-state index in [1.807, 2.05) is 42.5 Å². The van der Waals surface area contributed by atoms with Gasteiger partial charge in [0.05, 0.1) is 12.1 Å². The first-order valence-electron chi connectivity index (χ1n) is 10.3. The van der Waals surface area contributed by atoms with Crippen LogP contribution in [-0.4, -0.2) is 30.8 Å². The van der Waals surface area contributed by atoms with Crippen molar-refractivity contribution in [2.24, 2.45) is 0 Å². The number of anilines is 1. The van der Waals surface area contributed by atoms with Crippen molar-refractivity contribution in [2.75, 3.05) is 5.43 Å². The molecule has 0 saturated heterocycles. The molecule has 0 spiro atoms. The molecule has 5 rings (SSSR count). The van der Waals surface area contributed by atoms with Crippen molar-refractivity contribution >= 4 is 23.5 Å². The first kappa shape index (κ1) is 21.4. The van der Waals surface area contributed by atoms with Gasteiger partial charge in [0.15, 0.2) is 0 Å². The van der Waals surface area contributed by atoms with Crippen LogP contribution in [0.2, 0.25) is 5.02 Å². The van der Waals surface area contributed by atoms with Crippen LogP contribution in [0, 0.1) is 0 Å². The molecular formula is C24H18ClN7O2. The Hall–Kier alpha value is -4.50. The topological polar surface area (TPSA) is 111 Å². The predicted molar refractivity (Wildman–Crippen MR) is 127 cm³/mol. The molecule has 0 aliphatic heterocycles. The van der Waals surface area contributed by atoms with Crippen LogP contribution in [0.15, 0.2) is 89.8 Å². The molecule has 34 heavy (non-hydrogen) atoms. The van der Waals surface area contributed by atoms with Crippen LogP contribution >= 0.6 is 11.6 Å². The standard InChI is InChI=1S/C24H18ClN7O2/c25-19-8-6-17(7-9-19)21-20(15-32(30-21)14-16-4-2-1-3-5-16)23(33)28-29-24-27-22(31-34-24)18-10-12-26-13-11-18/h1-13,15H,14H2,(H,28,33)(H,27,29,31). The molecule has 0 fully saturated rings. The molecular weight excluding hydrogens is 454 g/mol. The summed E-state index contributed by atoms with van der Waals surface area (Å²) in [4.78, 5) is 21.3. The summed E-state index contributed by atoms with van der Waals surface area (Å²) >= 11 is 6.04. The summed E-state index contributed by atoms with van der Waals surface area (Å²) in [6.45, 7) is 0.515. The molecule has 0 aliphatic rings. The second-order valence-corrected chi connectivity index (χ2v) is 7.76. The molecule has 0 aliphatic carbocycles. The highest BCUT2D eigenvalue weighted by Gasteiger charge is 2.19. The van der Waals surface area contributed by atoms with Crippen LogP contribution in [0.3, 0.4) is 0 Å². The molecule has 5 aromatic rings. The van der Waals surface area contributed by atoms with E-state index in [0.717, 1.165) is 16.7 Å². The highest BCUT2D eigenvalue weighted by Crippen LogP contribution is 2.24. The van der Waals surface area contributed by atoms with Gasteiger partial charge in [-0.15, -0.1) is 0 Å². The lowest BCUT2D eigenvalue weighted by atomic mass is 10.1. The Bertz CT molecular complexity index is 1400. The second kappa shape index (κ2) is 9.55. The Morgan fingerprint density at radius 2 is 1.74 bits per heavy atom. The van der Waals surface area contributed by atoms with Gasteiger partial charge >= 0.3 is 6.01 Å². The fourth-order valence-corrected chi connectivity index (χ4v) is 3.46. The molecule has 2 aromatic carbocycles. The summed E-state index contributed by atoms with van der Waals surface area (Å²) in [5, 5.41) is 9.16. The SMILES string of the molecule is O=C(NNc1nc(-c2ccncc2)no1)c1cn(Cc2ccccc2)nc1-c1ccc(Cl)cc1. The third-order valence-electron chi connectivity index (χ3n) is 4.96. The smallest absolute Gasteiger partial charge is 0.313 e. The number of aromatic nitrogens is 5. The lowest BCUT2D eigenvalue weighted by Crippen LogP contribution is -2.29. The first-order chi connectivity index (χ1) is 16.7. The molecule has 10 heteroatoms. The van der Waals surface area contributed by atoms with Gasteiger partial charge in [0.2, 0.25) is 5.82 Å². The van der Waals surface area contributed by atoms with Crippen molar-refractivity contribution in [3.05, 3.63) is 101 Å². The van der Waals surface area contributed by atoms with Gasteiger partial charge in [-0.2, -0.15) is 10.1 Å². The number of hydrazine groups is 1. The molecule has 3 heterocycles. The minimum absolute atomic E-state index is 0.0462. The van der Waals surface area contributed by atoms with Crippen LogP contribution in [-0.2, 0) is 6.54 Å². The molecule has 3 aromatic heterocycles. The molecule has 0 radical (unpaired) electrons. The molecule has 0 atom stereocenters. The van der Waals surface area contributed by atoms with Crippen molar-refractivity contribution in [1.29, 1.82) is 0 Å². The van der Waals surface area contributed by atoms with Crippen LogP contribution < -0.4 is 10.9 Å². The third kappa shape index (κ3) is 4.79. The normalized spacial score (nSPS) is 10.7. The average molecular weight is 472 g/mol. The summed E-state index contributed by atoms with van der Waals surface area (Å²) in [5.74, 6) is -0.0374. The van der Waals surface area contributed by atoms with Crippen LogP contribution in [0.25, 0.3) is 22.6 Å². The van der Waals surface area contributed by atoms with E-state index < -0.39 is 5.91 Å². The lowest BCUT2D eigenvalue weighted by Gasteiger charge is -2.05. The number of nitrogens with zero attached hydrogens (tertiary/aromatic N) is 5. The highest BCUT2D eigenvalue weighted by molar-refractivity contribution is 6.30. The van der Waals surface area contributed by atoms with Crippen LogP contribution in [0.4, 0.5) is 6.01 Å². The van der Waals surface area contributed by atoms with Gasteiger partial charge in [-0.05, 0) is 29.8 Å². The number of nitrogens with one attached hydrogen (secondary N) is 2.